The van der Waals surface area contributed by atoms with E-state index in [9.17, 15) is 4.79 Å². The Kier molecular flexibility index (Phi) is 4.37. The van der Waals surface area contributed by atoms with Gasteiger partial charge in [0.1, 0.15) is 0 Å². The van der Waals surface area contributed by atoms with E-state index in [0.29, 0.717) is 17.6 Å². The maximum atomic E-state index is 11.1. The maximum absolute atomic E-state index is 11.1. The number of likely N-dealkylation sites (tertiary alicyclic amines) is 1. The number of carbonyl (C=O) groups excluding carboxylic acids is 1. The van der Waals surface area contributed by atoms with Crippen molar-refractivity contribution in [1.82, 2.24) is 9.88 Å². The molecule has 1 fully saturated rings. The summed E-state index contributed by atoms with van der Waals surface area (Å²) in [6, 6.07) is 2.82. The summed E-state index contributed by atoms with van der Waals surface area (Å²) in [6.07, 6.45) is 5.45. The highest BCUT2D eigenvalue weighted by atomic mass is 16.1. The van der Waals surface area contributed by atoms with Crippen LogP contribution in [0, 0.1) is 0 Å². The number of hydrogen-bond donors (Lipinski definition) is 2. The van der Waals surface area contributed by atoms with Gasteiger partial charge in [0, 0.05) is 37.6 Å². The third-order valence-electron chi connectivity index (χ3n) is 3.65. The van der Waals surface area contributed by atoms with Gasteiger partial charge in [0.2, 0.25) is 5.91 Å². The molecule has 3 N–H and O–H groups in total. The SMILES string of the molecule is CC(C)N1CCC(Nc2cncc(C(N)=O)c2)CC1. The highest BCUT2D eigenvalue weighted by molar-refractivity contribution is 5.93. The van der Waals surface area contributed by atoms with Gasteiger partial charge in [0.25, 0.3) is 0 Å². The molecule has 2 rings (SSSR count). The van der Waals surface area contributed by atoms with Gasteiger partial charge in [-0.1, -0.05) is 0 Å². The van der Waals surface area contributed by atoms with Crippen molar-refractivity contribution in [3.8, 4) is 0 Å². The van der Waals surface area contributed by atoms with Crippen molar-refractivity contribution >= 4 is 11.6 Å². The largest absolute Gasteiger partial charge is 0.381 e. The molecule has 2 heterocycles. The lowest BCUT2D eigenvalue weighted by Gasteiger charge is -2.35. The lowest BCUT2D eigenvalue weighted by Crippen LogP contribution is -2.42. The second-order valence-electron chi connectivity index (χ2n) is 5.37. The quantitative estimate of drug-likeness (QED) is 0.862. The summed E-state index contributed by atoms with van der Waals surface area (Å²) in [5.41, 5.74) is 6.58. The molecule has 1 aromatic heterocycles. The van der Waals surface area contributed by atoms with Crippen LogP contribution in [0.2, 0.25) is 0 Å². The number of piperidine rings is 1. The molecule has 1 aliphatic rings. The number of carbonyl (C=O) groups is 1. The van der Waals surface area contributed by atoms with Crippen molar-refractivity contribution < 1.29 is 4.79 Å². The number of pyridine rings is 1. The zero-order valence-electron chi connectivity index (χ0n) is 11.6. The first-order chi connectivity index (χ1) is 9.06. The molecule has 1 saturated heterocycles. The Hall–Kier alpha value is -1.62. The standard InChI is InChI=1S/C14H22N4O/c1-10(2)18-5-3-12(4-6-18)17-13-7-11(14(15)19)8-16-9-13/h7-10,12,17H,3-6H2,1-2H3,(H2,15,19). The highest BCUT2D eigenvalue weighted by Gasteiger charge is 2.20. The number of aromatic nitrogens is 1. The summed E-state index contributed by atoms with van der Waals surface area (Å²) in [5, 5.41) is 3.44. The number of rotatable bonds is 4. The van der Waals surface area contributed by atoms with E-state index in [1.807, 2.05) is 0 Å². The lowest BCUT2D eigenvalue weighted by atomic mass is 10.0. The van der Waals surface area contributed by atoms with Gasteiger partial charge >= 0.3 is 0 Å². The molecule has 1 aromatic rings. The molecule has 0 atom stereocenters. The monoisotopic (exact) mass is 262 g/mol. The van der Waals surface area contributed by atoms with Crippen LogP contribution in [0.3, 0.4) is 0 Å². The Balaban J connectivity index is 1.92. The number of primary amides is 1. The van der Waals surface area contributed by atoms with Crippen molar-refractivity contribution in [1.29, 1.82) is 0 Å². The molecular formula is C14H22N4O. The third-order valence-corrected chi connectivity index (χ3v) is 3.65. The highest BCUT2D eigenvalue weighted by Crippen LogP contribution is 2.18. The first kappa shape index (κ1) is 13.8. The molecule has 0 unspecified atom stereocenters. The molecular weight excluding hydrogens is 240 g/mol. The van der Waals surface area contributed by atoms with Crippen LogP contribution in [0.4, 0.5) is 5.69 Å². The van der Waals surface area contributed by atoms with Gasteiger partial charge in [-0.15, -0.1) is 0 Å². The molecule has 0 aromatic carbocycles. The van der Waals surface area contributed by atoms with E-state index in [0.717, 1.165) is 31.6 Å². The van der Waals surface area contributed by atoms with E-state index >= 15 is 0 Å². The molecule has 5 nitrogen and oxygen atoms in total. The predicted octanol–water partition coefficient (Wildman–Crippen LogP) is 1.47. The van der Waals surface area contributed by atoms with Gasteiger partial charge in [-0.05, 0) is 32.8 Å². The normalized spacial score (nSPS) is 17.6. The number of amides is 1. The zero-order chi connectivity index (χ0) is 13.8. The zero-order valence-corrected chi connectivity index (χ0v) is 11.6. The minimum absolute atomic E-state index is 0.439. The fraction of sp³-hybridized carbons (Fsp3) is 0.571. The summed E-state index contributed by atoms with van der Waals surface area (Å²) in [6.45, 7) is 6.68. The van der Waals surface area contributed by atoms with E-state index in [1.165, 1.54) is 6.20 Å². The summed E-state index contributed by atoms with van der Waals surface area (Å²) in [4.78, 5) is 17.6. The van der Waals surface area contributed by atoms with Crippen molar-refractivity contribution in [2.75, 3.05) is 18.4 Å². The van der Waals surface area contributed by atoms with Crippen molar-refractivity contribution in [3.05, 3.63) is 24.0 Å². The lowest BCUT2D eigenvalue weighted by molar-refractivity contribution is 0.1000. The Bertz CT molecular complexity index is 439. The van der Waals surface area contributed by atoms with Crippen LogP contribution in [0.15, 0.2) is 18.5 Å². The topological polar surface area (TPSA) is 71.2 Å². The van der Waals surface area contributed by atoms with Crippen LogP contribution in [-0.4, -0.2) is 41.0 Å². The van der Waals surface area contributed by atoms with Gasteiger partial charge < -0.3 is 16.0 Å². The minimum atomic E-state index is -0.439. The van der Waals surface area contributed by atoms with Crippen LogP contribution in [0.25, 0.3) is 0 Å². The molecule has 104 valence electrons. The van der Waals surface area contributed by atoms with E-state index in [-0.39, 0.29) is 0 Å². The Morgan fingerprint density at radius 1 is 1.42 bits per heavy atom. The van der Waals surface area contributed by atoms with Crippen LogP contribution in [-0.2, 0) is 0 Å². The number of hydrogen-bond acceptors (Lipinski definition) is 4. The molecule has 0 aliphatic carbocycles. The number of nitrogens with two attached hydrogens (primary N) is 1. The number of nitrogens with one attached hydrogen (secondary N) is 1. The molecule has 0 saturated carbocycles. The molecule has 1 amide bonds. The van der Waals surface area contributed by atoms with Crippen molar-refractivity contribution in [2.24, 2.45) is 5.73 Å². The van der Waals surface area contributed by atoms with E-state index in [2.05, 4.69) is 29.0 Å². The molecule has 5 heteroatoms. The maximum Gasteiger partial charge on any atom is 0.250 e. The summed E-state index contributed by atoms with van der Waals surface area (Å²) in [7, 11) is 0. The Morgan fingerprint density at radius 3 is 2.68 bits per heavy atom. The smallest absolute Gasteiger partial charge is 0.250 e. The van der Waals surface area contributed by atoms with Crippen LogP contribution >= 0.6 is 0 Å². The Labute approximate surface area is 114 Å². The molecule has 19 heavy (non-hydrogen) atoms. The van der Waals surface area contributed by atoms with Crippen molar-refractivity contribution in [3.63, 3.8) is 0 Å². The minimum Gasteiger partial charge on any atom is -0.381 e. The Morgan fingerprint density at radius 2 is 2.11 bits per heavy atom. The summed E-state index contributed by atoms with van der Waals surface area (Å²) in [5.74, 6) is -0.439. The summed E-state index contributed by atoms with van der Waals surface area (Å²) >= 11 is 0. The van der Waals surface area contributed by atoms with Crippen LogP contribution in [0.5, 0.6) is 0 Å². The average Bonchev–Trinajstić information content (AvgIpc) is 2.39. The van der Waals surface area contributed by atoms with Gasteiger partial charge in [0.15, 0.2) is 0 Å². The van der Waals surface area contributed by atoms with Crippen molar-refractivity contribution in [2.45, 2.75) is 38.8 Å². The van der Waals surface area contributed by atoms with Crippen LogP contribution in [0.1, 0.15) is 37.0 Å². The molecule has 0 spiro atoms. The fourth-order valence-electron chi connectivity index (χ4n) is 2.45. The molecule has 1 aliphatic heterocycles. The van der Waals surface area contributed by atoms with Gasteiger partial charge in [0.05, 0.1) is 11.3 Å². The number of anilines is 1. The average molecular weight is 262 g/mol. The van der Waals surface area contributed by atoms with Crippen LogP contribution < -0.4 is 11.1 Å². The van der Waals surface area contributed by atoms with Gasteiger partial charge in [-0.25, -0.2) is 0 Å². The van der Waals surface area contributed by atoms with E-state index < -0.39 is 5.91 Å². The molecule has 0 bridgehead atoms. The van der Waals surface area contributed by atoms with E-state index in [4.69, 9.17) is 5.73 Å². The number of nitrogens with zero attached hydrogens (tertiary/aromatic N) is 2. The molecule has 0 radical (unpaired) electrons. The van der Waals surface area contributed by atoms with Gasteiger partial charge in [-0.2, -0.15) is 0 Å². The van der Waals surface area contributed by atoms with E-state index in [1.54, 1.807) is 12.3 Å². The first-order valence-corrected chi connectivity index (χ1v) is 6.81. The fourth-order valence-corrected chi connectivity index (χ4v) is 2.45. The first-order valence-electron chi connectivity index (χ1n) is 6.81. The second-order valence-corrected chi connectivity index (χ2v) is 5.37. The second kappa shape index (κ2) is 6.02. The third kappa shape index (κ3) is 3.67. The predicted molar refractivity (Wildman–Crippen MR) is 76.1 cm³/mol. The summed E-state index contributed by atoms with van der Waals surface area (Å²) < 4.78 is 0. The van der Waals surface area contributed by atoms with Gasteiger partial charge in [-0.3, -0.25) is 9.78 Å².